The smallest absolute Gasteiger partial charge is 0.708 e. The van der Waals surface area contributed by atoms with Gasteiger partial charge in [0.15, 0.2) is 0 Å². The molecule has 0 fully saturated rings. The van der Waals surface area contributed by atoms with E-state index >= 15 is 0 Å². The van der Waals surface area contributed by atoms with Crippen LogP contribution in [0.5, 0.6) is 0 Å². The third kappa shape index (κ3) is 9.18. The average Bonchev–Trinajstić information content (AvgIpc) is 2.94. The first-order valence-electron chi connectivity index (χ1n) is 12.7. The molecule has 0 atom stereocenters. The van der Waals surface area contributed by atoms with Gasteiger partial charge in [0, 0.05) is 64.5 Å². The van der Waals surface area contributed by atoms with Gasteiger partial charge >= 0.3 is 34.9 Å². The first-order valence-corrected chi connectivity index (χ1v) is 13.5. The van der Waals surface area contributed by atoms with Crippen molar-refractivity contribution < 1.29 is 33.4 Å². The van der Waals surface area contributed by atoms with Crippen molar-refractivity contribution in [2.45, 2.75) is 10.1 Å². The summed E-state index contributed by atoms with van der Waals surface area (Å²) in [4.78, 5) is 52.1. The molecule has 4 aliphatic heterocycles. The normalized spacial score (nSPS) is 16.6. The SMILES string of the molecule is NCCN1CCNC(=O)c2ccc([n+]([O-])c2[S-])C(=O)NCCOCCNC(=O)c2ccc(c([S-])[n+]2[O-])C(=O)NCC1.[Mg+2]. The molecule has 0 radical (unpaired) electrons. The standard InChI is InChI=1S/C24H32N8O7S2.Mg/c25-5-10-30-11-6-26-19(33)15-1-3-17(31(37)23(15)40)21(35)28-8-13-39-14-9-29-22(36)18-4-2-16(24(41)32(18)38)20(34)27-7-12-30;/h1-4,40-41H,5-14,25H2,(H,26,33)(H,27,34)(H,28,35)(H,29,36);/q;+2/p-2. The summed E-state index contributed by atoms with van der Waals surface area (Å²) < 4.78 is 5.78. The minimum absolute atomic E-state index is 0. The van der Waals surface area contributed by atoms with Gasteiger partial charge in [-0.15, -0.1) is 0 Å². The summed E-state index contributed by atoms with van der Waals surface area (Å²) in [6.07, 6.45) is 0. The second-order valence-corrected chi connectivity index (χ2v) is 9.50. The van der Waals surface area contributed by atoms with Gasteiger partial charge in [-0.2, -0.15) is 9.46 Å². The Morgan fingerprint density at radius 1 is 0.738 bits per heavy atom. The van der Waals surface area contributed by atoms with Crippen LogP contribution >= 0.6 is 0 Å². The maximum atomic E-state index is 12.7. The van der Waals surface area contributed by atoms with Gasteiger partial charge in [-0.1, -0.05) is 0 Å². The van der Waals surface area contributed by atoms with E-state index in [4.69, 9.17) is 35.7 Å². The van der Waals surface area contributed by atoms with Gasteiger partial charge in [0.25, 0.3) is 23.2 Å². The van der Waals surface area contributed by atoms with Crippen molar-refractivity contribution in [3.63, 3.8) is 0 Å². The molecular formula is C24H30MgN8O7S2. The van der Waals surface area contributed by atoms with E-state index in [9.17, 15) is 29.6 Å². The van der Waals surface area contributed by atoms with Crippen LogP contribution in [-0.4, -0.2) is 117 Å². The molecule has 0 aliphatic carbocycles. The largest absolute Gasteiger partial charge is 2.00 e. The quantitative estimate of drug-likeness (QED) is 0.0944. The van der Waals surface area contributed by atoms with Crippen molar-refractivity contribution in [1.82, 2.24) is 26.2 Å². The van der Waals surface area contributed by atoms with Crippen molar-refractivity contribution in [3.8, 4) is 0 Å². The van der Waals surface area contributed by atoms with Crippen molar-refractivity contribution in [1.29, 1.82) is 0 Å². The number of hydrogen-bond donors (Lipinski definition) is 5. The third-order valence-electron chi connectivity index (χ3n) is 5.97. The molecule has 6 N–H and O–H groups in total. The summed E-state index contributed by atoms with van der Waals surface area (Å²) in [6, 6.07) is 5.03. The van der Waals surface area contributed by atoms with Crippen LogP contribution < -0.4 is 36.5 Å². The van der Waals surface area contributed by atoms with Crippen LogP contribution in [0.4, 0.5) is 0 Å². The van der Waals surface area contributed by atoms with Gasteiger partial charge in [0.05, 0.1) is 34.4 Å². The van der Waals surface area contributed by atoms with Crippen LogP contribution in [-0.2, 0) is 30.0 Å². The molecule has 4 bridgehead atoms. The average molecular weight is 631 g/mol. The number of aromatic nitrogens is 2. The number of nitrogens with one attached hydrogen (secondary N) is 4. The molecule has 2 aromatic rings. The number of ether oxygens (including phenoxy) is 1. The minimum Gasteiger partial charge on any atom is -0.708 e. The molecule has 18 heteroatoms. The van der Waals surface area contributed by atoms with Gasteiger partial charge in [-0.25, -0.2) is 0 Å². The molecule has 222 valence electrons. The molecule has 0 saturated heterocycles. The molecule has 15 nitrogen and oxygen atoms in total. The molecule has 42 heavy (non-hydrogen) atoms. The van der Waals surface area contributed by atoms with Gasteiger partial charge in [-0.05, 0) is 12.1 Å². The number of nitrogens with two attached hydrogens (primary N) is 1. The fourth-order valence-corrected chi connectivity index (χ4v) is 4.36. The van der Waals surface area contributed by atoms with E-state index in [0.717, 1.165) is 0 Å². The van der Waals surface area contributed by atoms with Crippen molar-refractivity contribution in [3.05, 3.63) is 57.2 Å². The Morgan fingerprint density at radius 3 is 1.55 bits per heavy atom. The van der Waals surface area contributed by atoms with E-state index in [-0.39, 0.29) is 104 Å². The molecule has 0 spiro atoms. The van der Waals surface area contributed by atoms with Crippen LogP contribution in [0.2, 0.25) is 0 Å². The molecule has 4 aliphatic rings. The van der Waals surface area contributed by atoms with E-state index in [1.165, 1.54) is 24.3 Å². The number of rotatable bonds is 2. The zero-order valence-corrected chi connectivity index (χ0v) is 25.7. The second kappa shape index (κ2) is 17.1. The monoisotopic (exact) mass is 630 g/mol. The first kappa shape index (κ1) is 35.1. The predicted molar refractivity (Wildman–Crippen MR) is 153 cm³/mol. The molecule has 0 saturated carbocycles. The van der Waals surface area contributed by atoms with Gasteiger partial charge in [0.2, 0.25) is 0 Å². The Bertz CT molecular complexity index is 1210. The van der Waals surface area contributed by atoms with Crippen LogP contribution in [0.15, 0.2) is 34.3 Å². The van der Waals surface area contributed by atoms with E-state index in [1.807, 2.05) is 4.90 Å². The number of carbonyl (C=O) groups is 4. The Hall–Kier alpha value is -3.13. The van der Waals surface area contributed by atoms with Crippen molar-refractivity contribution >= 4 is 71.9 Å². The van der Waals surface area contributed by atoms with Crippen LogP contribution in [0.25, 0.3) is 0 Å². The number of amides is 4. The number of carbonyl (C=O) groups excluding carboxylic acids is 4. The van der Waals surface area contributed by atoms with Crippen molar-refractivity contribution in [2.24, 2.45) is 5.73 Å². The Balaban J connectivity index is 0.00000616. The maximum absolute atomic E-state index is 12.7. The molecule has 0 unspecified atom stereocenters. The van der Waals surface area contributed by atoms with Crippen molar-refractivity contribution in [2.75, 3.05) is 65.6 Å². The van der Waals surface area contributed by atoms with Crippen LogP contribution in [0.1, 0.15) is 41.7 Å². The molecule has 6 heterocycles. The summed E-state index contributed by atoms with van der Waals surface area (Å²) in [5, 5.41) is 34.8. The van der Waals surface area contributed by atoms with Gasteiger partial charge in [-0.3, -0.25) is 24.1 Å². The predicted octanol–water partition coefficient (Wildman–Crippen LogP) is -3.71. The Morgan fingerprint density at radius 2 is 1.14 bits per heavy atom. The number of hydrogen-bond acceptors (Lipinski definition) is 11. The zero-order chi connectivity index (χ0) is 29.9. The second-order valence-electron chi connectivity index (χ2n) is 8.73. The molecular weight excluding hydrogens is 601 g/mol. The summed E-state index contributed by atoms with van der Waals surface area (Å²) in [7, 11) is 0. The van der Waals surface area contributed by atoms with E-state index in [0.29, 0.717) is 26.2 Å². The Labute approximate surface area is 269 Å². The molecule has 2 aromatic heterocycles. The van der Waals surface area contributed by atoms with Crippen LogP contribution in [0.3, 0.4) is 0 Å². The van der Waals surface area contributed by atoms with Gasteiger partial charge < -0.3 is 67.4 Å². The summed E-state index contributed by atoms with van der Waals surface area (Å²) in [6.45, 7) is 2.08. The first-order chi connectivity index (χ1) is 19.6. The van der Waals surface area contributed by atoms with Gasteiger partial charge in [0.1, 0.15) is 0 Å². The fraction of sp³-hybridized carbons (Fsp3) is 0.417. The van der Waals surface area contributed by atoms with Crippen LogP contribution in [0, 0.1) is 10.4 Å². The number of nitrogens with zero attached hydrogens (tertiary/aromatic N) is 3. The summed E-state index contributed by atoms with van der Waals surface area (Å²) in [5.41, 5.74) is 5.01. The topological polar surface area (TPSA) is 209 Å². The molecule has 6 rings (SSSR count). The summed E-state index contributed by atoms with van der Waals surface area (Å²) in [5.74, 6) is -2.57. The van der Waals surface area contributed by atoms with E-state index in [1.54, 1.807) is 0 Å². The summed E-state index contributed by atoms with van der Waals surface area (Å²) >= 11 is 10.2. The fourth-order valence-electron chi connectivity index (χ4n) is 3.84. The third-order valence-corrected chi connectivity index (χ3v) is 6.75. The zero-order valence-electron chi connectivity index (χ0n) is 22.7. The van der Waals surface area contributed by atoms with E-state index in [2.05, 4.69) is 21.3 Å². The Kier molecular flexibility index (Phi) is 14.3. The number of pyridine rings is 2. The molecule has 0 aromatic carbocycles. The van der Waals surface area contributed by atoms with E-state index < -0.39 is 23.6 Å². The molecule has 4 amide bonds. The maximum Gasteiger partial charge on any atom is 2.00 e. The minimum atomic E-state index is -0.705.